The molecule has 1 N–H and O–H groups in total. The fourth-order valence-corrected chi connectivity index (χ4v) is 2.11. The number of halogens is 1. The third-order valence-electron chi connectivity index (χ3n) is 2.43. The van der Waals surface area contributed by atoms with Crippen molar-refractivity contribution in [2.24, 2.45) is 0 Å². The van der Waals surface area contributed by atoms with E-state index < -0.39 is 5.97 Å². The lowest BCUT2D eigenvalue weighted by atomic mass is 10.1. The molecule has 0 bridgehead atoms. The van der Waals surface area contributed by atoms with Crippen LogP contribution in [0.2, 0.25) is 0 Å². The molecule has 82 valence electrons. The monoisotopic (exact) mass is 279 g/mol. The Kier molecular flexibility index (Phi) is 2.92. The molecule has 0 atom stereocenters. The van der Waals surface area contributed by atoms with E-state index in [-0.39, 0.29) is 6.42 Å². The van der Waals surface area contributed by atoms with E-state index in [1.54, 1.807) is 0 Å². The lowest BCUT2D eigenvalue weighted by molar-refractivity contribution is -0.136. The van der Waals surface area contributed by atoms with Crippen LogP contribution < -0.4 is 0 Å². The van der Waals surface area contributed by atoms with Gasteiger partial charge in [-0.25, -0.2) is 0 Å². The van der Waals surface area contributed by atoms with Crippen molar-refractivity contribution in [2.75, 3.05) is 0 Å². The van der Waals surface area contributed by atoms with E-state index in [4.69, 9.17) is 5.11 Å². The van der Waals surface area contributed by atoms with E-state index in [0.29, 0.717) is 0 Å². The van der Waals surface area contributed by atoms with Gasteiger partial charge in [-0.1, -0.05) is 12.1 Å². The van der Waals surface area contributed by atoms with Crippen molar-refractivity contribution < 1.29 is 9.90 Å². The summed E-state index contributed by atoms with van der Waals surface area (Å²) in [5.74, 6) is -0.834. The molecule has 0 radical (unpaired) electrons. The Bertz CT molecular complexity index is 566. The summed E-state index contributed by atoms with van der Waals surface area (Å²) in [6, 6.07) is 7.65. The smallest absolute Gasteiger partial charge is 0.307 e. The van der Waals surface area contributed by atoms with Gasteiger partial charge in [0.1, 0.15) is 0 Å². The Morgan fingerprint density at radius 1 is 1.50 bits per heavy atom. The third kappa shape index (κ3) is 2.07. The molecule has 0 aliphatic heterocycles. The molecular weight excluding hydrogens is 270 g/mol. The summed E-state index contributed by atoms with van der Waals surface area (Å²) in [6.45, 7) is 1.83. The van der Waals surface area contributed by atoms with E-state index in [0.717, 1.165) is 26.6 Å². The Balaban J connectivity index is 2.63. The number of aromatic nitrogens is 1. The molecule has 0 amide bonds. The molecule has 16 heavy (non-hydrogen) atoms. The molecule has 4 heteroatoms. The van der Waals surface area contributed by atoms with Gasteiger partial charge in [0.05, 0.1) is 11.9 Å². The molecule has 2 aromatic rings. The van der Waals surface area contributed by atoms with E-state index in [2.05, 4.69) is 20.9 Å². The first-order valence-corrected chi connectivity index (χ1v) is 5.64. The van der Waals surface area contributed by atoms with Gasteiger partial charge in [0.25, 0.3) is 0 Å². The molecule has 2 rings (SSSR count). The van der Waals surface area contributed by atoms with Crippen molar-refractivity contribution in [3.63, 3.8) is 0 Å². The van der Waals surface area contributed by atoms with Crippen LogP contribution >= 0.6 is 15.9 Å². The van der Waals surface area contributed by atoms with Crippen LogP contribution in [0.3, 0.4) is 0 Å². The maximum absolute atomic E-state index is 10.7. The van der Waals surface area contributed by atoms with E-state index in [9.17, 15) is 4.79 Å². The summed E-state index contributed by atoms with van der Waals surface area (Å²) >= 11 is 3.43. The first kappa shape index (κ1) is 11.1. The van der Waals surface area contributed by atoms with Crippen LogP contribution in [-0.2, 0) is 11.2 Å². The number of aryl methyl sites for hydroxylation is 1. The van der Waals surface area contributed by atoms with Gasteiger partial charge in [-0.2, -0.15) is 0 Å². The Hall–Kier alpha value is -1.42. The van der Waals surface area contributed by atoms with Crippen molar-refractivity contribution in [1.29, 1.82) is 0 Å². The van der Waals surface area contributed by atoms with E-state index >= 15 is 0 Å². The zero-order chi connectivity index (χ0) is 11.7. The zero-order valence-corrected chi connectivity index (χ0v) is 10.3. The molecule has 0 unspecified atom stereocenters. The average Bonchev–Trinajstić information content (AvgIpc) is 2.20. The first-order chi connectivity index (χ1) is 7.58. The summed E-state index contributed by atoms with van der Waals surface area (Å²) in [5, 5.41) is 9.74. The number of benzene rings is 1. The second kappa shape index (κ2) is 4.22. The highest BCUT2D eigenvalue weighted by atomic mass is 79.9. The third-order valence-corrected chi connectivity index (χ3v) is 3.07. The molecule has 0 saturated heterocycles. The van der Waals surface area contributed by atoms with E-state index in [1.807, 2.05) is 31.2 Å². The Labute approximate surface area is 101 Å². The van der Waals surface area contributed by atoms with Crippen molar-refractivity contribution in [3.05, 3.63) is 40.0 Å². The number of pyridine rings is 1. The van der Waals surface area contributed by atoms with Gasteiger partial charge in [-0.05, 0) is 40.5 Å². The highest BCUT2D eigenvalue weighted by Gasteiger charge is 2.08. The standard InChI is InChI=1S/C12H10BrNO2/c1-7-9(6-11(15)16)5-8-3-2-4-10(13)12(8)14-7/h2-5H,6H2,1H3,(H,15,16). The van der Waals surface area contributed by atoms with Gasteiger partial charge >= 0.3 is 5.97 Å². The second-order valence-electron chi connectivity index (χ2n) is 3.61. The predicted molar refractivity (Wildman–Crippen MR) is 65.5 cm³/mol. The molecule has 0 aliphatic carbocycles. The van der Waals surface area contributed by atoms with Crippen molar-refractivity contribution >= 4 is 32.8 Å². The number of fused-ring (bicyclic) bond motifs is 1. The summed E-state index contributed by atoms with van der Waals surface area (Å²) in [7, 11) is 0. The quantitative estimate of drug-likeness (QED) is 0.920. The van der Waals surface area contributed by atoms with Crippen LogP contribution in [0.15, 0.2) is 28.7 Å². The van der Waals surface area contributed by atoms with Gasteiger partial charge in [-0.3, -0.25) is 9.78 Å². The van der Waals surface area contributed by atoms with Crippen molar-refractivity contribution in [1.82, 2.24) is 4.98 Å². The van der Waals surface area contributed by atoms with Gasteiger partial charge in [-0.15, -0.1) is 0 Å². The number of aliphatic carboxylic acids is 1. The van der Waals surface area contributed by atoms with Crippen LogP contribution in [0, 0.1) is 6.92 Å². The molecule has 1 aromatic heterocycles. The van der Waals surface area contributed by atoms with Crippen molar-refractivity contribution in [3.8, 4) is 0 Å². The summed E-state index contributed by atoms with van der Waals surface area (Å²) in [6.07, 6.45) is 0.0152. The molecule has 0 fully saturated rings. The second-order valence-corrected chi connectivity index (χ2v) is 4.47. The SMILES string of the molecule is Cc1nc2c(Br)cccc2cc1CC(=O)O. The minimum Gasteiger partial charge on any atom is -0.481 e. The Morgan fingerprint density at radius 3 is 2.94 bits per heavy atom. The number of nitrogens with zero attached hydrogens (tertiary/aromatic N) is 1. The minimum absolute atomic E-state index is 0.0152. The first-order valence-electron chi connectivity index (χ1n) is 4.84. The fourth-order valence-electron chi connectivity index (χ4n) is 1.64. The lowest BCUT2D eigenvalue weighted by Gasteiger charge is -2.06. The van der Waals surface area contributed by atoms with E-state index in [1.165, 1.54) is 0 Å². The molecule has 3 nitrogen and oxygen atoms in total. The van der Waals surface area contributed by atoms with Crippen LogP contribution in [0.25, 0.3) is 10.9 Å². The summed E-state index contributed by atoms with van der Waals surface area (Å²) in [4.78, 5) is 15.1. The average molecular weight is 280 g/mol. The zero-order valence-electron chi connectivity index (χ0n) is 8.70. The van der Waals surface area contributed by atoms with Crippen molar-refractivity contribution in [2.45, 2.75) is 13.3 Å². The van der Waals surface area contributed by atoms with Gasteiger partial charge in [0.15, 0.2) is 0 Å². The van der Waals surface area contributed by atoms with Crippen LogP contribution in [-0.4, -0.2) is 16.1 Å². The minimum atomic E-state index is -0.834. The highest BCUT2D eigenvalue weighted by Crippen LogP contribution is 2.24. The summed E-state index contributed by atoms with van der Waals surface area (Å²) in [5.41, 5.74) is 2.40. The topological polar surface area (TPSA) is 50.2 Å². The number of rotatable bonds is 2. The molecular formula is C12H10BrNO2. The van der Waals surface area contributed by atoms with Gasteiger partial charge in [0.2, 0.25) is 0 Å². The maximum atomic E-state index is 10.7. The maximum Gasteiger partial charge on any atom is 0.307 e. The normalized spacial score (nSPS) is 10.6. The Morgan fingerprint density at radius 2 is 2.25 bits per heavy atom. The predicted octanol–water partition coefficient (Wildman–Crippen LogP) is 2.93. The van der Waals surface area contributed by atoms with Gasteiger partial charge in [0, 0.05) is 15.6 Å². The summed E-state index contributed by atoms with van der Waals surface area (Å²) < 4.78 is 0.926. The number of carboxylic acid groups (broad SMARTS) is 1. The molecule has 1 aromatic carbocycles. The largest absolute Gasteiger partial charge is 0.481 e. The molecule has 0 spiro atoms. The number of hydrogen-bond acceptors (Lipinski definition) is 2. The molecule has 0 aliphatic rings. The van der Waals surface area contributed by atoms with Crippen LogP contribution in [0.1, 0.15) is 11.3 Å². The number of hydrogen-bond donors (Lipinski definition) is 1. The molecule has 0 saturated carbocycles. The van der Waals surface area contributed by atoms with Crippen LogP contribution in [0.4, 0.5) is 0 Å². The number of para-hydroxylation sites is 1. The van der Waals surface area contributed by atoms with Gasteiger partial charge < -0.3 is 5.11 Å². The number of carbonyl (C=O) groups is 1. The van der Waals surface area contributed by atoms with Crippen LogP contribution in [0.5, 0.6) is 0 Å². The lowest BCUT2D eigenvalue weighted by Crippen LogP contribution is -2.03. The fraction of sp³-hybridized carbons (Fsp3) is 0.167. The highest BCUT2D eigenvalue weighted by molar-refractivity contribution is 9.10. The molecule has 1 heterocycles. The number of carboxylic acids is 1.